The van der Waals surface area contributed by atoms with E-state index in [0.29, 0.717) is 0 Å². The summed E-state index contributed by atoms with van der Waals surface area (Å²) in [7, 11) is 0. The summed E-state index contributed by atoms with van der Waals surface area (Å²) in [5.41, 5.74) is 4.39. The van der Waals surface area contributed by atoms with Crippen molar-refractivity contribution >= 4 is 18.0 Å². The minimum Gasteiger partial charge on any atom is -0.480 e. The summed E-state index contributed by atoms with van der Waals surface area (Å²) in [6, 6.07) is 13.8. The van der Waals surface area contributed by atoms with Gasteiger partial charge in [0.25, 0.3) is 0 Å². The van der Waals surface area contributed by atoms with Gasteiger partial charge in [-0.15, -0.1) is 12.3 Å². The molecule has 2 aromatic rings. The third-order valence-corrected chi connectivity index (χ3v) is 5.50. The maximum Gasteiger partial charge on any atom is 0.407 e. The van der Waals surface area contributed by atoms with Crippen LogP contribution in [0.5, 0.6) is 0 Å². The van der Waals surface area contributed by atoms with E-state index in [-0.39, 0.29) is 24.9 Å². The maximum absolute atomic E-state index is 12.6. The summed E-state index contributed by atoms with van der Waals surface area (Å²) in [6.45, 7) is 3.59. The lowest BCUT2D eigenvalue weighted by Gasteiger charge is -2.23. The molecule has 7 nitrogen and oxygen atoms in total. The fourth-order valence-corrected chi connectivity index (χ4v) is 3.88. The quantitative estimate of drug-likeness (QED) is 0.554. The Kier molecular flexibility index (Phi) is 7.16. The number of fused-ring (bicyclic) bond motifs is 3. The van der Waals surface area contributed by atoms with Crippen molar-refractivity contribution in [3.63, 3.8) is 0 Å². The van der Waals surface area contributed by atoms with Gasteiger partial charge >= 0.3 is 12.1 Å². The third-order valence-electron chi connectivity index (χ3n) is 5.50. The minimum atomic E-state index is -1.24. The molecule has 0 fully saturated rings. The zero-order valence-corrected chi connectivity index (χ0v) is 18.0. The van der Waals surface area contributed by atoms with E-state index in [0.717, 1.165) is 22.3 Å². The van der Waals surface area contributed by atoms with Crippen LogP contribution in [0.4, 0.5) is 4.79 Å². The largest absolute Gasteiger partial charge is 0.480 e. The molecule has 32 heavy (non-hydrogen) atoms. The number of nitrogens with one attached hydrogen (secondary N) is 2. The Morgan fingerprint density at radius 2 is 1.59 bits per heavy atom. The Hall–Kier alpha value is -3.79. The van der Waals surface area contributed by atoms with E-state index in [1.807, 2.05) is 48.5 Å². The fraction of sp³-hybridized carbons (Fsp3) is 0.320. The predicted octanol–water partition coefficient (Wildman–Crippen LogP) is 3.14. The van der Waals surface area contributed by atoms with Crippen LogP contribution >= 0.6 is 0 Å². The molecular weight excluding hydrogens is 408 g/mol. The van der Waals surface area contributed by atoms with Crippen molar-refractivity contribution in [1.29, 1.82) is 0 Å². The van der Waals surface area contributed by atoms with Crippen molar-refractivity contribution in [2.45, 2.75) is 38.3 Å². The van der Waals surface area contributed by atoms with E-state index in [1.54, 1.807) is 13.8 Å². The number of carboxylic acids is 1. The average Bonchev–Trinajstić information content (AvgIpc) is 3.09. The zero-order valence-electron chi connectivity index (χ0n) is 18.0. The van der Waals surface area contributed by atoms with E-state index in [2.05, 4.69) is 16.6 Å². The van der Waals surface area contributed by atoms with Gasteiger partial charge in [-0.3, -0.25) is 4.79 Å². The highest BCUT2D eigenvalue weighted by Crippen LogP contribution is 2.44. The molecule has 2 unspecified atom stereocenters. The lowest BCUT2D eigenvalue weighted by Crippen LogP contribution is -2.53. The number of carboxylic acid groups (broad SMARTS) is 1. The summed E-state index contributed by atoms with van der Waals surface area (Å²) in [4.78, 5) is 36.4. The first-order chi connectivity index (χ1) is 15.3. The van der Waals surface area contributed by atoms with Crippen molar-refractivity contribution in [1.82, 2.24) is 10.6 Å². The third kappa shape index (κ3) is 4.92. The number of carbonyl (C=O) groups excluding carboxylic acids is 2. The Labute approximate surface area is 187 Å². The molecule has 7 heteroatoms. The van der Waals surface area contributed by atoms with Crippen LogP contribution in [-0.2, 0) is 14.3 Å². The smallest absolute Gasteiger partial charge is 0.407 e. The normalized spacial score (nSPS) is 13.9. The molecule has 1 aliphatic rings. The number of terminal acetylenes is 1. The summed E-state index contributed by atoms with van der Waals surface area (Å²) in [5, 5.41) is 14.1. The van der Waals surface area contributed by atoms with Crippen molar-refractivity contribution < 1.29 is 24.2 Å². The number of ether oxygens (including phenoxy) is 1. The van der Waals surface area contributed by atoms with Crippen LogP contribution in [-0.4, -0.2) is 41.8 Å². The van der Waals surface area contributed by atoms with Crippen LogP contribution in [0.3, 0.4) is 0 Å². The van der Waals surface area contributed by atoms with Gasteiger partial charge in [0, 0.05) is 12.3 Å². The van der Waals surface area contributed by atoms with Crippen LogP contribution in [0.1, 0.15) is 37.3 Å². The molecule has 2 aromatic carbocycles. The number of amides is 2. The topological polar surface area (TPSA) is 105 Å². The standard InChI is InChI=1S/C25H26N2O5/c1-4-9-21(24(29)30)26-23(28)22(15(2)3)27-25(31)32-14-20-18-12-7-5-10-16(18)17-11-6-8-13-19(17)20/h1,5-8,10-13,15,20-22H,9,14H2,2-3H3,(H,26,28)(H,27,31)(H,29,30). The average molecular weight is 434 g/mol. The molecule has 0 heterocycles. The molecular formula is C25H26N2O5. The summed E-state index contributed by atoms with van der Waals surface area (Å²) < 4.78 is 5.49. The molecule has 1 aliphatic carbocycles. The Morgan fingerprint density at radius 1 is 1.03 bits per heavy atom. The second-order valence-electron chi connectivity index (χ2n) is 8.00. The van der Waals surface area contributed by atoms with E-state index >= 15 is 0 Å². The molecule has 2 amide bonds. The number of benzene rings is 2. The van der Waals surface area contributed by atoms with Crippen LogP contribution in [0.25, 0.3) is 11.1 Å². The second kappa shape index (κ2) is 10.0. The first kappa shape index (κ1) is 22.9. The lowest BCUT2D eigenvalue weighted by atomic mass is 9.98. The van der Waals surface area contributed by atoms with Gasteiger partial charge in [-0.05, 0) is 28.2 Å². The molecule has 0 bridgehead atoms. The van der Waals surface area contributed by atoms with Gasteiger partial charge in [-0.2, -0.15) is 0 Å². The van der Waals surface area contributed by atoms with Crippen LogP contribution in [0.2, 0.25) is 0 Å². The molecule has 0 radical (unpaired) electrons. The van der Waals surface area contributed by atoms with Gasteiger partial charge in [0.05, 0.1) is 0 Å². The van der Waals surface area contributed by atoms with Gasteiger partial charge in [0.1, 0.15) is 18.7 Å². The molecule has 166 valence electrons. The van der Waals surface area contributed by atoms with Gasteiger partial charge < -0.3 is 20.5 Å². The highest BCUT2D eigenvalue weighted by molar-refractivity contribution is 5.89. The first-order valence-corrected chi connectivity index (χ1v) is 10.4. The van der Waals surface area contributed by atoms with Crippen LogP contribution in [0, 0.1) is 18.3 Å². The first-order valence-electron chi connectivity index (χ1n) is 10.4. The molecule has 0 aliphatic heterocycles. The number of hydrogen-bond donors (Lipinski definition) is 3. The molecule has 3 N–H and O–H groups in total. The minimum absolute atomic E-state index is 0.105. The number of hydrogen-bond acceptors (Lipinski definition) is 4. The van der Waals surface area contributed by atoms with Gasteiger partial charge in [0.15, 0.2) is 0 Å². The molecule has 0 saturated heterocycles. The monoisotopic (exact) mass is 434 g/mol. The molecule has 0 spiro atoms. The van der Waals surface area contributed by atoms with Gasteiger partial charge in [-0.1, -0.05) is 62.4 Å². The lowest BCUT2D eigenvalue weighted by molar-refractivity contribution is -0.142. The van der Waals surface area contributed by atoms with E-state index in [9.17, 15) is 19.5 Å². The second-order valence-corrected chi connectivity index (χ2v) is 8.00. The van der Waals surface area contributed by atoms with Gasteiger partial charge in [0.2, 0.25) is 5.91 Å². The number of carbonyl (C=O) groups is 3. The van der Waals surface area contributed by atoms with E-state index in [4.69, 9.17) is 11.2 Å². The van der Waals surface area contributed by atoms with Crippen LogP contribution in [0.15, 0.2) is 48.5 Å². The Bertz CT molecular complexity index is 1010. The van der Waals surface area contributed by atoms with Crippen molar-refractivity contribution in [3.05, 3.63) is 59.7 Å². The van der Waals surface area contributed by atoms with Crippen molar-refractivity contribution in [2.24, 2.45) is 5.92 Å². The zero-order chi connectivity index (χ0) is 23.3. The van der Waals surface area contributed by atoms with Gasteiger partial charge in [-0.25, -0.2) is 9.59 Å². The summed E-state index contributed by atoms with van der Waals surface area (Å²) >= 11 is 0. The Balaban J connectivity index is 1.66. The molecule has 0 aromatic heterocycles. The predicted molar refractivity (Wildman–Crippen MR) is 120 cm³/mol. The number of alkyl carbamates (subject to hydrolysis) is 1. The van der Waals surface area contributed by atoms with Crippen LogP contribution < -0.4 is 10.6 Å². The number of rotatable bonds is 8. The molecule has 3 rings (SSSR count). The van der Waals surface area contributed by atoms with Crippen molar-refractivity contribution in [2.75, 3.05) is 6.61 Å². The van der Waals surface area contributed by atoms with E-state index in [1.165, 1.54) is 0 Å². The highest BCUT2D eigenvalue weighted by Gasteiger charge is 2.31. The number of aliphatic carboxylic acids is 1. The highest BCUT2D eigenvalue weighted by atomic mass is 16.5. The fourth-order valence-electron chi connectivity index (χ4n) is 3.88. The molecule has 0 saturated carbocycles. The van der Waals surface area contributed by atoms with E-state index < -0.39 is 30.1 Å². The Morgan fingerprint density at radius 3 is 2.09 bits per heavy atom. The molecule has 2 atom stereocenters. The SMILES string of the molecule is C#CCC(NC(=O)C(NC(=O)OCC1c2ccccc2-c2ccccc21)C(C)C)C(=O)O. The maximum atomic E-state index is 12.6. The summed E-state index contributed by atoms with van der Waals surface area (Å²) in [5.74, 6) is -0.0418. The van der Waals surface area contributed by atoms with Crippen molar-refractivity contribution in [3.8, 4) is 23.5 Å². The summed E-state index contributed by atoms with van der Waals surface area (Å²) in [6.07, 6.45) is 4.27.